The van der Waals surface area contributed by atoms with Crippen molar-refractivity contribution in [2.75, 3.05) is 26.5 Å². The van der Waals surface area contributed by atoms with Crippen LogP contribution in [0.5, 0.6) is 11.5 Å². The van der Waals surface area contributed by atoms with E-state index in [1.165, 1.54) is 12.8 Å². The summed E-state index contributed by atoms with van der Waals surface area (Å²) in [6.07, 6.45) is 3.14. The lowest BCUT2D eigenvalue weighted by Crippen LogP contribution is -2.30. The summed E-state index contributed by atoms with van der Waals surface area (Å²) in [5.74, 6) is 3.36. The number of carbonyl (C=O) groups is 1. The van der Waals surface area contributed by atoms with E-state index in [1.54, 1.807) is 14.2 Å². The van der Waals surface area contributed by atoms with E-state index in [0.717, 1.165) is 29.4 Å². The maximum Gasteiger partial charge on any atom is 0.224 e. The fourth-order valence-corrected chi connectivity index (χ4v) is 3.96. The molecular formula is C16H21NO3S. The molecule has 1 unspecified atom stereocenters. The van der Waals surface area contributed by atoms with Gasteiger partial charge in [0, 0.05) is 18.7 Å². The number of hydrogen-bond donors (Lipinski definition) is 0. The minimum atomic E-state index is 0.107. The second-order valence-corrected chi connectivity index (χ2v) is 6.76. The fraction of sp³-hybridized carbons (Fsp3) is 0.562. The molecule has 1 aliphatic heterocycles. The number of hydrogen-bond acceptors (Lipinski definition) is 4. The summed E-state index contributed by atoms with van der Waals surface area (Å²) in [4.78, 5) is 14.4. The van der Waals surface area contributed by atoms with Crippen molar-refractivity contribution >= 4 is 17.7 Å². The Balaban J connectivity index is 1.79. The molecule has 1 saturated heterocycles. The summed E-state index contributed by atoms with van der Waals surface area (Å²) in [5.41, 5.74) is 1.11. The van der Waals surface area contributed by atoms with Gasteiger partial charge in [-0.05, 0) is 36.5 Å². The Morgan fingerprint density at radius 2 is 2.05 bits per heavy atom. The van der Waals surface area contributed by atoms with Gasteiger partial charge in [-0.1, -0.05) is 6.07 Å². The van der Waals surface area contributed by atoms with Crippen molar-refractivity contribution in [1.82, 2.24) is 4.90 Å². The molecule has 0 spiro atoms. The largest absolute Gasteiger partial charge is 0.493 e. The summed E-state index contributed by atoms with van der Waals surface area (Å²) < 4.78 is 10.6. The Bertz CT molecular complexity index is 530. The molecule has 1 atom stereocenters. The van der Waals surface area contributed by atoms with E-state index in [-0.39, 0.29) is 5.37 Å². The molecule has 4 nitrogen and oxygen atoms in total. The zero-order valence-corrected chi connectivity index (χ0v) is 13.3. The number of methoxy groups -OCH3 is 2. The van der Waals surface area contributed by atoms with Crippen molar-refractivity contribution in [2.24, 2.45) is 5.92 Å². The van der Waals surface area contributed by atoms with Gasteiger partial charge in [0.05, 0.1) is 14.2 Å². The summed E-state index contributed by atoms with van der Waals surface area (Å²) in [6, 6.07) is 5.93. The first-order valence-electron chi connectivity index (χ1n) is 7.36. The highest BCUT2D eigenvalue weighted by Crippen LogP contribution is 2.42. The van der Waals surface area contributed by atoms with E-state index in [0.29, 0.717) is 18.2 Å². The molecule has 1 heterocycles. The molecule has 114 valence electrons. The van der Waals surface area contributed by atoms with Crippen LogP contribution in [-0.4, -0.2) is 37.3 Å². The van der Waals surface area contributed by atoms with E-state index in [4.69, 9.17) is 9.47 Å². The SMILES string of the molecule is COc1ccc(C2SCCN2C(=O)CC2CC2)cc1OC. The van der Waals surface area contributed by atoms with Crippen molar-refractivity contribution in [3.63, 3.8) is 0 Å². The molecule has 0 N–H and O–H groups in total. The Morgan fingerprint density at radius 1 is 1.29 bits per heavy atom. The molecule has 2 fully saturated rings. The van der Waals surface area contributed by atoms with E-state index >= 15 is 0 Å². The molecule has 3 rings (SSSR count). The second kappa shape index (κ2) is 6.18. The van der Waals surface area contributed by atoms with Crippen LogP contribution in [0.15, 0.2) is 18.2 Å². The molecule has 0 radical (unpaired) electrons. The number of thioether (sulfide) groups is 1. The average Bonchev–Trinajstić information content (AvgIpc) is 3.18. The normalized spacial score (nSPS) is 21.4. The first kappa shape index (κ1) is 14.6. The summed E-state index contributed by atoms with van der Waals surface area (Å²) in [5, 5.41) is 0.107. The molecule has 1 amide bonds. The van der Waals surface area contributed by atoms with Gasteiger partial charge in [0.2, 0.25) is 5.91 Å². The van der Waals surface area contributed by atoms with Crippen molar-refractivity contribution in [3.8, 4) is 11.5 Å². The Kier molecular flexibility index (Phi) is 4.29. The van der Waals surface area contributed by atoms with Gasteiger partial charge in [0.15, 0.2) is 11.5 Å². The van der Waals surface area contributed by atoms with E-state index in [1.807, 2.05) is 34.9 Å². The second-order valence-electron chi connectivity index (χ2n) is 5.57. The van der Waals surface area contributed by atoms with Gasteiger partial charge in [0.1, 0.15) is 5.37 Å². The quantitative estimate of drug-likeness (QED) is 0.838. The number of carbonyl (C=O) groups excluding carboxylic acids is 1. The Hall–Kier alpha value is -1.36. The van der Waals surface area contributed by atoms with Crippen LogP contribution in [0.3, 0.4) is 0 Å². The topological polar surface area (TPSA) is 38.8 Å². The smallest absolute Gasteiger partial charge is 0.224 e. The molecule has 1 aromatic carbocycles. The van der Waals surface area contributed by atoms with Gasteiger partial charge >= 0.3 is 0 Å². The van der Waals surface area contributed by atoms with E-state index < -0.39 is 0 Å². The maximum absolute atomic E-state index is 12.4. The van der Waals surface area contributed by atoms with Gasteiger partial charge in [-0.2, -0.15) is 0 Å². The lowest BCUT2D eigenvalue weighted by molar-refractivity contribution is -0.131. The van der Waals surface area contributed by atoms with Crippen LogP contribution in [0.2, 0.25) is 0 Å². The first-order chi connectivity index (χ1) is 10.2. The zero-order chi connectivity index (χ0) is 14.8. The van der Waals surface area contributed by atoms with Crippen molar-refractivity contribution < 1.29 is 14.3 Å². The lowest BCUT2D eigenvalue weighted by atomic mass is 10.1. The number of ether oxygens (including phenoxy) is 2. The molecule has 1 aliphatic carbocycles. The van der Waals surface area contributed by atoms with Crippen LogP contribution >= 0.6 is 11.8 Å². The standard InChI is InChI=1S/C16H21NO3S/c1-19-13-6-5-12(10-14(13)20-2)16-17(7-8-21-16)15(18)9-11-3-4-11/h5-6,10-11,16H,3-4,7-9H2,1-2H3. The molecule has 5 heteroatoms. The predicted molar refractivity (Wildman–Crippen MR) is 83.8 cm³/mol. The van der Waals surface area contributed by atoms with E-state index in [2.05, 4.69) is 0 Å². The lowest BCUT2D eigenvalue weighted by Gasteiger charge is -2.25. The Labute approximate surface area is 129 Å². The van der Waals surface area contributed by atoms with Crippen LogP contribution in [0.25, 0.3) is 0 Å². The van der Waals surface area contributed by atoms with Gasteiger partial charge in [-0.25, -0.2) is 0 Å². The highest BCUT2D eigenvalue weighted by Gasteiger charge is 2.34. The van der Waals surface area contributed by atoms with Crippen LogP contribution in [0.1, 0.15) is 30.2 Å². The molecule has 0 bridgehead atoms. The van der Waals surface area contributed by atoms with Crippen molar-refractivity contribution in [1.29, 1.82) is 0 Å². The predicted octanol–water partition coefficient (Wildman–Crippen LogP) is 3.08. The summed E-state index contributed by atoms with van der Waals surface area (Å²) >= 11 is 1.82. The number of nitrogens with zero attached hydrogens (tertiary/aromatic N) is 1. The monoisotopic (exact) mass is 307 g/mol. The molecule has 2 aliphatic rings. The molecule has 21 heavy (non-hydrogen) atoms. The van der Waals surface area contributed by atoms with Gasteiger partial charge in [-0.3, -0.25) is 4.79 Å². The van der Waals surface area contributed by atoms with Crippen molar-refractivity contribution in [2.45, 2.75) is 24.6 Å². The number of benzene rings is 1. The van der Waals surface area contributed by atoms with Gasteiger partial charge < -0.3 is 14.4 Å². The highest BCUT2D eigenvalue weighted by molar-refractivity contribution is 7.99. The number of rotatable bonds is 5. The molecule has 0 aromatic heterocycles. The Morgan fingerprint density at radius 3 is 2.71 bits per heavy atom. The maximum atomic E-state index is 12.4. The minimum absolute atomic E-state index is 0.107. The third-order valence-corrected chi connectivity index (χ3v) is 5.32. The molecular weight excluding hydrogens is 286 g/mol. The van der Waals surface area contributed by atoms with Gasteiger partial charge in [-0.15, -0.1) is 11.8 Å². The minimum Gasteiger partial charge on any atom is -0.493 e. The number of amides is 1. The summed E-state index contributed by atoms with van der Waals surface area (Å²) in [6.45, 7) is 0.842. The van der Waals surface area contributed by atoms with Crippen LogP contribution < -0.4 is 9.47 Å². The third kappa shape index (κ3) is 3.12. The van der Waals surface area contributed by atoms with Crippen LogP contribution in [0, 0.1) is 5.92 Å². The first-order valence-corrected chi connectivity index (χ1v) is 8.41. The highest BCUT2D eigenvalue weighted by atomic mass is 32.2. The van der Waals surface area contributed by atoms with Crippen LogP contribution in [-0.2, 0) is 4.79 Å². The molecule has 1 saturated carbocycles. The molecule has 1 aromatic rings. The average molecular weight is 307 g/mol. The van der Waals surface area contributed by atoms with Crippen LogP contribution in [0.4, 0.5) is 0 Å². The van der Waals surface area contributed by atoms with Crippen molar-refractivity contribution in [3.05, 3.63) is 23.8 Å². The van der Waals surface area contributed by atoms with Gasteiger partial charge in [0.25, 0.3) is 0 Å². The fourth-order valence-electron chi connectivity index (χ4n) is 2.69. The third-order valence-electron chi connectivity index (χ3n) is 4.06. The zero-order valence-electron chi connectivity index (χ0n) is 12.5. The summed E-state index contributed by atoms with van der Waals surface area (Å²) in [7, 11) is 3.27. The van der Waals surface area contributed by atoms with E-state index in [9.17, 15) is 4.79 Å².